The van der Waals surface area contributed by atoms with Gasteiger partial charge in [-0.15, -0.1) is 12.2 Å². The van der Waals surface area contributed by atoms with Crippen LogP contribution in [0, 0.1) is 50.3 Å². The Labute approximate surface area is 198 Å². The summed E-state index contributed by atoms with van der Waals surface area (Å²) in [4.78, 5) is 16.5. The summed E-state index contributed by atoms with van der Waals surface area (Å²) in [5.74, 6) is 0.530. The van der Waals surface area contributed by atoms with Crippen LogP contribution in [0.25, 0.3) is 16.3 Å². The molecule has 0 amide bonds. The fraction of sp³-hybridized carbons (Fsp3) is 0.0909. The molecule has 0 aliphatic rings. The molecule has 0 radical (unpaired) electrons. The zero-order valence-electron chi connectivity index (χ0n) is 16.2. The third kappa shape index (κ3) is 6.60. The molecule has 0 saturated heterocycles. The second-order valence-electron chi connectivity index (χ2n) is 5.74. The number of aryl methyl sites for hydroxylation is 1. The molecule has 1 aromatic carbocycles. The quantitative estimate of drug-likeness (QED) is 0.231. The number of hydrogen-bond acceptors (Lipinski definition) is 6. The molecule has 142 valence electrons. The molecular formula is C22H19N5SU. The van der Waals surface area contributed by atoms with E-state index in [9.17, 15) is 0 Å². The summed E-state index contributed by atoms with van der Waals surface area (Å²) >= 11 is 1.58. The normalized spacial score (nSPS) is 10.1. The third-order valence-electron chi connectivity index (χ3n) is 3.75. The first-order valence-corrected chi connectivity index (χ1v) is 9.49. The number of benzene rings is 1. The van der Waals surface area contributed by atoms with Crippen LogP contribution in [0.4, 0.5) is 17.3 Å². The average Bonchev–Trinajstić information content (AvgIpc) is 3.18. The standard InChI is InChI=1S/C13H9N4S.C9H10N.U/c1-14-9-3-2-4-10(7-9)16-13-15-8-12-11(17-13)5-6-18-12;1-3-5-9-6-4-7-10-8(9)2;/h2-7H,1H2,(H,15,16,17);3,5-7H,1-2H3;/q2*-1;+2/b;5-3-;. The van der Waals surface area contributed by atoms with Gasteiger partial charge in [-0.2, -0.15) is 16.9 Å². The van der Waals surface area contributed by atoms with Gasteiger partial charge in [-0.05, 0) is 60.1 Å². The van der Waals surface area contributed by atoms with E-state index in [0.29, 0.717) is 5.95 Å². The van der Waals surface area contributed by atoms with Gasteiger partial charge in [-0.3, -0.25) is 4.99 Å². The molecule has 0 aliphatic heterocycles. The maximum absolute atomic E-state index is 4.40. The Hall–Kier alpha value is -2.33. The molecule has 0 spiro atoms. The molecule has 0 aliphatic carbocycles. The fourth-order valence-electron chi connectivity index (χ4n) is 2.37. The Morgan fingerprint density at radius 2 is 2.14 bits per heavy atom. The molecule has 0 bridgehead atoms. The maximum atomic E-state index is 4.40. The van der Waals surface area contributed by atoms with Crippen LogP contribution in [0.5, 0.6) is 0 Å². The van der Waals surface area contributed by atoms with E-state index >= 15 is 0 Å². The summed E-state index contributed by atoms with van der Waals surface area (Å²) in [6.07, 6.45) is 8.66. The second-order valence-corrected chi connectivity index (χ2v) is 6.65. The minimum atomic E-state index is 0. The molecule has 0 unspecified atom stereocenters. The number of thiophene rings is 1. The molecule has 4 aromatic rings. The number of fused-ring (bicyclic) bond motifs is 1. The first-order valence-electron chi connectivity index (χ1n) is 8.61. The summed E-state index contributed by atoms with van der Waals surface area (Å²) in [7, 11) is 0. The monoisotopic (exact) mass is 623 g/mol. The van der Waals surface area contributed by atoms with Gasteiger partial charge in [0.15, 0.2) is 0 Å². The fourth-order valence-corrected chi connectivity index (χ4v) is 3.04. The average molecular weight is 624 g/mol. The largest absolute Gasteiger partial charge is 2.00 e. The van der Waals surface area contributed by atoms with Crippen molar-refractivity contribution in [2.75, 3.05) is 5.32 Å². The van der Waals surface area contributed by atoms with Gasteiger partial charge in [0.1, 0.15) is 5.95 Å². The van der Waals surface area contributed by atoms with Gasteiger partial charge in [0.05, 0.1) is 5.69 Å². The summed E-state index contributed by atoms with van der Waals surface area (Å²) in [5, 5.41) is 5.10. The van der Waals surface area contributed by atoms with Crippen molar-refractivity contribution in [3.63, 3.8) is 0 Å². The SMILES string of the molecule is C/C=C\c1c[c-]cnc1C.C=Nc1cccc(Nc2n[c-]c3sccc3n2)c1.[U+2]. The zero-order valence-corrected chi connectivity index (χ0v) is 21.2. The Morgan fingerprint density at radius 3 is 2.90 bits per heavy atom. The number of nitrogens with zero attached hydrogens (tertiary/aromatic N) is 4. The number of aromatic nitrogens is 3. The molecule has 3 aromatic heterocycles. The number of nitrogens with one attached hydrogen (secondary N) is 1. The van der Waals surface area contributed by atoms with Gasteiger partial charge in [0.2, 0.25) is 0 Å². The first kappa shape index (κ1) is 23.0. The van der Waals surface area contributed by atoms with Crippen LogP contribution >= 0.6 is 11.3 Å². The number of allylic oxidation sites excluding steroid dienone is 1. The molecule has 0 saturated carbocycles. The molecule has 0 atom stereocenters. The number of rotatable bonds is 4. The van der Waals surface area contributed by atoms with Crippen LogP contribution < -0.4 is 5.32 Å². The topological polar surface area (TPSA) is 63.1 Å². The molecule has 5 nitrogen and oxygen atoms in total. The Morgan fingerprint density at radius 1 is 1.28 bits per heavy atom. The van der Waals surface area contributed by atoms with E-state index in [-0.39, 0.29) is 31.1 Å². The summed E-state index contributed by atoms with van der Waals surface area (Å²) in [6, 6.07) is 14.4. The first-order chi connectivity index (χ1) is 13.7. The van der Waals surface area contributed by atoms with Crippen molar-refractivity contribution in [3.8, 4) is 0 Å². The van der Waals surface area contributed by atoms with Crippen LogP contribution in [-0.2, 0) is 0 Å². The van der Waals surface area contributed by atoms with Gasteiger partial charge < -0.3 is 20.3 Å². The molecule has 0 fully saturated rings. The van der Waals surface area contributed by atoms with Crippen molar-refractivity contribution in [3.05, 3.63) is 77.6 Å². The zero-order chi connectivity index (χ0) is 19.8. The van der Waals surface area contributed by atoms with Crippen molar-refractivity contribution in [1.82, 2.24) is 15.0 Å². The van der Waals surface area contributed by atoms with E-state index in [2.05, 4.69) is 44.2 Å². The third-order valence-corrected chi connectivity index (χ3v) is 4.56. The molecule has 1 N–H and O–H groups in total. The van der Waals surface area contributed by atoms with E-state index < -0.39 is 0 Å². The van der Waals surface area contributed by atoms with Crippen molar-refractivity contribution < 1.29 is 31.1 Å². The number of pyridine rings is 1. The van der Waals surface area contributed by atoms with Crippen molar-refractivity contribution >= 4 is 51.7 Å². The van der Waals surface area contributed by atoms with Crippen LogP contribution in [0.3, 0.4) is 0 Å². The van der Waals surface area contributed by atoms with E-state index in [0.717, 1.165) is 32.8 Å². The van der Waals surface area contributed by atoms with Gasteiger partial charge in [-0.1, -0.05) is 24.5 Å². The molecular weight excluding hydrogens is 604 g/mol. The van der Waals surface area contributed by atoms with Gasteiger partial charge in [0.25, 0.3) is 0 Å². The van der Waals surface area contributed by atoms with Crippen molar-refractivity contribution in [2.45, 2.75) is 13.8 Å². The van der Waals surface area contributed by atoms with E-state index in [1.165, 1.54) is 0 Å². The van der Waals surface area contributed by atoms with Crippen LogP contribution in [0.2, 0.25) is 0 Å². The molecule has 3 heterocycles. The summed E-state index contributed by atoms with van der Waals surface area (Å²) < 4.78 is 0.960. The Kier molecular flexibility index (Phi) is 9.20. The van der Waals surface area contributed by atoms with Gasteiger partial charge in [0, 0.05) is 5.69 Å². The summed E-state index contributed by atoms with van der Waals surface area (Å²) in [5.41, 5.74) is 4.78. The molecule has 7 heteroatoms. The van der Waals surface area contributed by atoms with Crippen molar-refractivity contribution in [1.29, 1.82) is 0 Å². The molecule has 29 heavy (non-hydrogen) atoms. The van der Waals surface area contributed by atoms with Crippen molar-refractivity contribution in [2.24, 2.45) is 4.99 Å². The molecule has 4 rings (SSSR count). The summed E-state index contributed by atoms with van der Waals surface area (Å²) in [6.45, 7) is 7.48. The van der Waals surface area contributed by atoms with Crippen LogP contribution in [-0.4, -0.2) is 21.7 Å². The number of aliphatic imine (C=N–C) groups is 1. The Bertz CT molecular complexity index is 1110. The van der Waals surface area contributed by atoms with Gasteiger partial charge in [-0.25, -0.2) is 12.1 Å². The van der Waals surface area contributed by atoms with E-state index in [1.54, 1.807) is 17.5 Å². The minimum Gasteiger partial charge on any atom is -0.378 e. The maximum Gasteiger partial charge on any atom is 2.00 e. The number of anilines is 2. The number of hydrogen-bond donors (Lipinski definition) is 1. The predicted octanol–water partition coefficient (Wildman–Crippen LogP) is 5.79. The van der Waals surface area contributed by atoms with E-state index in [4.69, 9.17) is 0 Å². The predicted molar refractivity (Wildman–Crippen MR) is 118 cm³/mol. The minimum absolute atomic E-state index is 0. The van der Waals surface area contributed by atoms with Gasteiger partial charge >= 0.3 is 31.1 Å². The van der Waals surface area contributed by atoms with E-state index in [1.807, 2.05) is 67.8 Å². The Balaban J connectivity index is 0.000000234. The van der Waals surface area contributed by atoms with Crippen LogP contribution in [0.1, 0.15) is 18.2 Å². The van der Waals surface area contributed by atoms with Crippen LogP contribution in [0.15, 0.2) is 59.0 Å². The second kappa shape index (κ2) is 11.6. The smallest absolute Gasteiger partial charge is 0.378 e.